The van der Waals surface area contributed by atoms with Crippen LogP contribution in [0.3, 0.4) is 0 Å². The minimum absolute atomic E-state index is 0.809. The van der Waals surface area contributed by atoms with E-state index in [1.807, 2.05) is 0 Å². The van der Waals surface area contributed by atoms with Crippen LogP contribution in [0.5, 0.6) is 0 Å². The molecule has 0 atom stereocenters. The second-order valence-electron chi connectivity index (χ2n) is 5.72. The fourth-order valence-corrected chi connectivity index (χ4v) is 2.06. The molecule has 0 spiro atoms. The SMILES string of the molecule is C/C=C/CCCCCCCCC/C=C/CC(C)C. The highest BCUT2D eigenvalue weighted by Crippen LogP contribution is 2.10. The van der Waals surface area contributed by atoms with Crippen molar-refractivity contribution in [3.63, 3.8) is 0 Å². The average Bonchev–Trinajstić information content (AvgIpc) is 2.34. The molecule has 0 bridgehead atoms. The maximum absolute atomic E-state index is 2.37. The molecule has 0 nitrogen and oxygen atoms in total. The third-order valence-electron chi connectivity index (χ3n) is 3.25. The van der Waals surface area contributed by atoms with Crippen LogP contribution in [0, 0.1) is 5.92 Å². The molecule has 0 aromatic carbocycles. The predicted molar refractivity (Wildman–Crippen MR) is 85.0 cm³/mol. The van der Waals surface area contributed by atoms with Gasteiger partial charge in [-0.25, -0.2) is 0 Å². The summed E-state index contributed by atoms with van der Waals surface area (Å²) in [5.74, 6) is 0.809. The Morgan fingerprint density at radius 3 is 1.67 bits per heavy atom. The van der Waals surface area contributed by atoms with Crippen molar-refractivity contribution in [1.29, 1.82) is 0 Å². The topological polar surface area (TPSA) is 0 Å². The van der Waals surface area contributed by atoms with Crippen molar-refractivity contribution in [2.75, 3.05) is 0 Å². The minimum atomic E-state index is 0.809. The molecule has 0 aliphatic carbocycles. The summed E-state index contributed by atoms with van der Waals surface area (Å²) in [5.41, 5.74) is 0. The van der Waals surface area contributed by atoms with E-state index in [-0.39, 0.29) is 0 Å². The van der Waals surface area contributed by atoms with E-state index in [1.54, 1.807) is 0 Å². The van der Waals surface area contributed by atoms with Crippen LogP contribution in [-0.4, -0.2) is 0 Å². The molecule has 0 saturated carbocycles. The number of hydrogen-bond donors (Lipinski definition) is 0. The van der Waals surface area contributed by atoms with Crippen molar-refractivity contribution >= 4 is 0 Å². The van der Waals surface area contributed by atoms with Crippen LogP contribution in [0.15, 0.2) is 24.3 Å². The molecular formula is C18H34. The molecule has 0 aromatic heterocycles. The lowest BCUT2D eigenvalue weighted by atomic mass is 10.1. The van der Waals surface area contributed by atoms with Gasteiger partial charge in [0.05, 0.1) is 0 Å². The standard InChI is InChI=1S/C18H34/c1-4-5-6-7-8-9-10-11-12-13-14-15-16-17-18(2)3/h4-5,15-16,18H,6-14,17H2,1-3H3/b5-4+,16-15+. The van der Waals surface area contributed by atoms with E-state index in [9.17, 15) is 0 Å². The van der Waals surface area contributed by atoms with Gasteiger partial charge in [-0.1, -0.05) is 70.3 Å². The van der Waals surface area contributed by atoms with Gasteiger partial charge in [-0.05, 0) is 44.9 Å². The summed E-state index contributed by atoms with van der Waals surface area (Å²) in [4.78, 5) is 0. The van der Waals surface area contributed by atoms with Crippen molar-refractivity contribution in [2.45, 2.75) is 85.0 Å². The van der Waals surface area contributed by atoms with Gasteiger partial charge < -0.3 is 0 Å². The first kappa shape index (κ1) is 17.5. The summed E-state index contributed by atoms with van der Waals surface area (Å²) in [6.07, 6.45) is 22.9. The van der Waals surface area contributed by atoms with Gasteiger partial charge in [0.1, 0.15) is 0 Å². The molecule has 0 aromatic rings. The highest BCUT2D eigenvalue weighted by Gasteiger charge is 1.91. The zero-order valence-electron chi connectivity index (χ0n) is 13.0. The van der Waals surface area contributed by atoms with E-state index in [2.05, 4.69) is 45.1 Å². The van der Waals surface area contributed by atoms with Crippen LogP contribution in [0.2, 0.25) is 0 Å². The predicted octanol–water partition coefficient (Wildman–Crippen LogP) is 6.68. The van der Waals surface area contributed by atoms with Crippen LogP contribution in [0.1, 0.15) is 85.0 Å². The summed E-state index contributed by atoms with van der Waals surface area (Å²) in [6.45, 7) is 6.66. The van der Waals surface area contributed by atoms with Crippen molar-refractivity contribution in [1.82, 2.24) is 0 Å². The fraction of sp³-hybridized carbons (Fsp3) is 0.778. The molecule has 0 radical (unpaired) electrons. The summed E-state index contributed by atoms with van der Waals surface area (Å²) in [6, 6.07) is 0. The lowest BCUT2D eigenvalue weighted by molar-refractivity contribution is 0.583. The Balaban J connectivity index is 3.05. The van der Waals surface area contributed by atoms with Crippen molar-refractivity contribution in [3.05, 3.63) is 24.3 Å². The molecule has 0 unspecified atom stereocenters. The highest BCUT2D eigenvalue weighted by atomic mass is 14.0. The van der Waals surface area contributed by atoms with Crippen molar-refractivity contribution < 1.29 is 0 Å². The molecule has 0 heteroatoms. The molecule has 18 heavy (non-hydrogen) atoms. The van der Waals surface area contributed by atoms with Gasteiger partial charge in [0, 0.05) is 0 Å². The summed E-state index contributed by atoms with van der Waals surface area (Å²) < 4.78 is 0. The Labute approximate surface area is 116 Å². The summed E-state index contributed by atoms with van der Waals surface area (Å²) >= 11 is 0. The second-order valence-corrected chi connectivity index (χ2v) is 5.72. The molecule has 0 aliphatic heterocycles. The molecule has 0 fully saturated rings. The maximum Gasteiger partial charge on any atom is -0.0327 e. The lowest BCUT2D eigenvalue weighted by Crippen LogP contribution is -1.82. The number of allylic oxidation sites excluding steroid dienone is 4. The zero-order chi connectivity index (χ0) is 13.5. The number of rotatable bonds is 12. The quantitative estimate of drug-likeness (QED) is 0.268. The van der Waals surface area contributed by atoms with E-state index < -0.39 is 0 Å². The molecule has 0 heterocycles. The summed E-state index contributed by atoms with van der Waals surface area (Å²) in [7, 11) is 0. The first-order valence-corrected chi connectivity index (χ1v) is 8.03. The van der Waals surface area contributed by atoms with E-state index in [4.69, 9.17) is 0 Å². The monoisotopic (exact) mass is 250 g/mol. The van der Waals surface area contributed by atoms with Gasteiger partial charge >= 0.3 is 0 Å². The molecular weight excluding hydrogens is 216 g/mol. The highest BCUT2D eigenvalue weighted by molar-refractivity contribution is 4.82. The molecule has 0 rings (SSSR count). The first-order valence-electron chi connectivity index (χ1n) is 8.03. The zero-order valence-corrected chi connectivity index (χ0v) is 13.0. The normalized spacial score (nSPS) is 12.2. The third kappa shape index (κ3) is 15.5. The van der Waals surface area contributed by atoms with E-state index in [0.29, 0.717) is 0 Å². The van der Waals surface area contributed by atoms with Crippen LogP contribution >= 0.6 is 0 Å². The Kier molecular flexibility index (Phi) is 14.1. The lowest BCUT2D eigenvalue weighted by Gasteiger charge is -2.00. The Morgan fingerprint density at radius 2 is 1.17 bits per heavy atom. The van der Waals surface area contributed by atoms with Gasteiger partial charge in [-0.2, -0.15) is 0 Å². The van der Waals surface area contributed by atoms with E-state index in [0.717, 1.165) is 5.92 Å². The Bertz CT molecular complexity index is 198. The largest absolute Gasteiger partial charge is 0.0917 e. The van der Waals surface area contributed by atoms with Gasteiger partial charge in [-0.15, -0.1) is 0 Å². The molecule has 0 amide bonds. The van der Waals surface area contributed by atoms with Gasteiger partial charge in [0.15, 0.2) is 0 Å². The van der Waals surface area contributed by atoms with Crippen LogP contribution in [0.4, 0.5) is 0 Å². The first-order chi connectivity index (χ1) is 8.77. The Hall–Kier alpha value is -0.520. The van der Waals surface area contributed by atoms with E-state index in [1.165, 1.54) is 64.2 Å². The van der Waals surface area contributed by atoms with Gasteiger partial charge in [0.25, 0.3) is 0 Å². The Morgan fingerprint density at radius 1 is 0.667 bits per heavy atom. The number of unbranched alkanes of at least 4 members (excludes halogenated alkanes) is 8. The summed E-state index contributed by atoms with van der Waals surface area (Å²) in [5, 5.41) is 0. The molecule has 0 saturated heterocycles. The fourth-order valence-electron chi connectivity index (χ4n) is 2.06. The molecule has 0 aliphatic rings. The average molecular weight is 250 g/mol. The smallest absolute Gasteiger partial charge is 0.0327 e. The van der Waals surface area contributed by atoms with Gasteiger partial charge in [0.2, 0.25) is 0 Å². The van der Waals surface area contributed by atoms with Crippen molar-refractivity contribution in [3.8, 4) is 0 Å². The third-order valence-corrected chi connectivity index (χ3v) is 3.25. The van der Waals surface area contributed by atoms with E-state index >= 15 is 0 Å². The maximum atomic E-state index is 2.37. The minimum Gasteiger partial charge on any atom is -0.0917 e. The van der Waals surface area contributed by atoms with Crippen LogP contribution in [0.25, 0.3) is 0 Å². The van der Waals surface area contributed by atoms with Crippen molar-refractivity contribution in [2.24, 2.45) is 5.92 Å². The van der Waals surface area contributed by atoms with Crippen LogP contribution < -0.4 is 0 Å². The molecule has 0 N–H and O–H groups in total. The number of hydrogen-bond acceptors (Lipinski definition) is 0. The van der Waals surface area contributed by atoms with Crippen LogP contribution in [-0.2, 0) is 0 Å². The molecule has 106 valence electrons. The van der Waals surface area contributed by atoms with Gasteiger partial charge in [-0.3, -0.25) is 0 Å². The second kappa shape index (κ2) is 14.5.